The minimum absolute atomic E-state index is 0.0659. The van der Waals surface area contributed by atoms with Gasteiger partial charge in [0.15, 0.2) is 11.6 Å². The summed E-state index contributed by atoms with van der Waals surface area (Å²) in [6.07, 6.45) is 0.0792. The van der Waals surface area contributed by atoms with Crippen LogP contribution in [0.3, 0.4) is 0 Å². The summed E-state index contributed by atoms with van der Waals surface area (Å²) < 4.78 is 14.2. The maximum absolute atomic E-state index is 14.9. The Morgan fingerprint density at radius 1 is 0.833 bits per heavy atom. The zero-order chi connectivity index (χ0) is 33.1. The lowest BCUT2D eigenvalue weighted by Crippen LogP contribution is -2.54. The number of carbonyl (C=O) groups excluding carboxylic acids is 1. The van der Waals surface area contributed by atoms with Crippen molar-refractivity contribution in [1.82, 2.24) is 10.9 Å². The van der Waals surface area contributed by atoms with Crippen molar-refractivity contribution in [2.75, 3.05) is 13.2 Å². The summed E-state index contributed by atoms with van der Waals surface area (Å²) >= 11 is 7.26. The van der Waals surface area contributed by atoms with Crippen LogP contribution in [0.1, 0.15) is 46.4 Å². The molecule has 0 saturated heterocycles. The standard InChI is InChI=1S/C39H33Br2N3O4/c40-28-18-14-25(15-19-28)36-39(24-27-8-1-6-13-34(27)41,42-37(48-36)26-16-20-29(21-17-26)47-23-7-22-45)38(46)44-43-35-32-11-4-2-9-30(32)31-10-3-5-12-33(31)35/h1-6,8-21,35-36,43,45H,7,22-24H2,(H,44,46)/t36-,39-/m0/s1. The van der Waals surface area contributed by atoms with Crippen LogP contribution in [-0.2, 0) is 16.0 Å². The van der Waals surface area contributed by atoms with E-state index >= 15 is 0 Å². The Kier molecular flexibility index (Phi) is 9.45. The maximum atomic E-state index is 14.9. The van der Waals surface area contributed by atoms with Crippen LogP contribution in [0.2, 0.25) is 0 Å². The van der Waals surface area contributed by atoms with Crippen LogP contribution in [0, 0.1) is 0 Å². The van der Waals surface area contributed by atoms with E-state index in [-0.39, 0.29) is 25.0 Å². The normalized spacial score (nSPS) is 18.1. The van der Waals surface area contributed by atoms with Gasteiger partial charge in [-0.1, -0.05) is 111 Å². The maximum Gasteiger partial charge on any atom is 0.266 e. The fourth-order valence-electron chi connectivity index (χ4n) is 6.41. The topological polar surface area (TPSA) is 92.2 Å². The number of aliphatic imine (C=N–C) groups is 1. The quantitative estimate of drug-likeness (QED) is 0.0941. The highest BCUT2D eigenvalue weighted by atomic mass is 79.9. The van der Waals surface area contributed by atoms with Crippen molar-refractivity contribution in [1.29, 1.82) is 0 Å². The Hall–Kier alpha value is -4.28. The van der Waals surface area contributed by atoms with Crippen LogP contribution in [0.5, 0.6) is 5.75 Å². The minimum atomic E-state index is -1.38. The fraction of sp³-hybridized carbons (Fsp3) is 0.179. The van der Waals surface area contributed by atoms with E-state index in [1.807, 2.05) is 97.1 Å². The molecule has 0 aromatic heterocycles. The third-order valence-electron chi connectivity index (χ3n) is 8.78. The summed E-state index contributed by atoms with van der Waals surface area (Å²) in [6, 6.07) is 39.4. The van der Waals surface area contributed by atoms with E-state index in [1.165, 1.54) is 0 Å². The van der Waals surface area contributed by atoms with Crippen molar-refractivity contribution in [3.05, 3.63) is 158 Å². The number of rotatable bonds is 11. The number of aliphatic hydroxyl groups excluding tert-OH is 1. The zero-order valence-corrected chi connectivity index (χ0v) is 29.1. The van der Waals surface area contributed by atoms with E-state index in [2.05, 4.69) is 67.0 Å². The van der Waals surface area contributed by atoms with Gasteiger partial charge in [0.1, 0.15) is 5.75 Å². The van der Waals surface area contributed by atoms with Crippen LogP contribution in [-0.4, -0.2) is 35.7 Å². The molecule has 0 saturated carbocycles. The molecule has 3 N–H and O–H groups in total. The molecular weight excluding hydrogens is 734 g/mol. The number of halogens is 2. The van der Waals surface area contributed by atoms with Crippen molar-refractivity contribution in [3.63, 3.8) is 0 Å². The predicted octanol–water partition coefficient (Wildman–Crippen LogP) is 7.86. The molecule has 242 valence electrons. The van der Waals surface area contributed by atoms with E-state index in [4.69, 9.17) is 19.6 Å². The number of aliphatic hydroxyl groups is 1. The number of hydrogen-bond acceptors (Lipinski definition) is 6. The zero-order valence-electron chi connectivity index (χ0n) is 25.9. The van der Waals surface area contributed by atoms with Gasteiger partial charge in [-0.05, 0) is 75.8 Å². The number of hydrazine groups is 1. The van der Waals surface area contributed by atoms with E-state index in [1.54, 1.807) is 0 Å². The van der Waals surface area contributed by atoms with Gasteiger partial charge in [0.05, 0.1) is 12.6 Å². The molecule has 0 unspecified atom stereocenters. The molecule has 5 aromatic carbocycles. The Morgan fingerprint density at radius 3 is 2.15 bits per heavy atom. The summed E-state index contributed by atoms with van der Waals surface area (Å²) in [5.74, 6) is 0.726. The Morgan fingerprint density at radius 2 is 1.48 bits per heavy atom. The summed E-state index contributed by atoms with van der Waals surface area (Å²) in [5, 5.41) is 9.11. The number of hydrogen-bond donors (Lipinski definition) is 3. The van der Waals surface area contributed by atoms with Crippen LogP contribution < -0.4 is 15.6 Å². The second kappa shape index (κ2) is 14.1. The number of nitrogens with one attached hydrogen (secondary N) is 2. The largest absolute Gasteiger partial charge is 0.494 e. The Labute approximate surface area is 296 Å². The third-order valence-corrected chi connectivity index (χ3v) is 10.1. The Balaban J connectivity index is 1.28. The predicted molar refractivity (Wildman–Crippen MR) is 194 cm³/mol. The van der Waals surface area contributed by atoms with Gasteiger partial charge in [0, 0.05) is 34.0 Å². The SMILES string of the molecule is O=C(NNC1c2ccccc2-c2ccccc21)[C@@]1(Cc2ccccc2Br)N=C(c2ccc(OCCCO)cc2)O[C@H]1c1ccc(Br)cc1. The molecule has 1 aliphatic carbocycles. The van der Waals surface area contributed by atoms with E-state index < -0.39 is 11.6 Å². The van der Waals surface area contributed by atoms with Crippen molar-refractivity contribution in [2.45, 2.75) is 30.5 Å². The number of carbonyl (C=O) groups is 1. The Bertz CT molecular complexity index is 1920. The molecule has 1 heterocycles. The van der Waals surface area contributed by atoms with Crippen LogP contribution in [0.25, 0.3) is 11.1 Å². The van der Waals surface area contributed by atoms with Crippen LogP contribution in [0.15, 0.2) is 135 Å². The van der Waals surface area contributed by atoms with E-state index in [0.717, 1.165) is 47.9 Å². The lowest BCUT2D eigenvalue weighted by atomic mass is 9.82. The van der Waals surface area contributed by atoms with Gasteiger partial charge in [0.2, 0.25) is 5.90 Å². The molecule has 1 aliphatic heterocycles. The molecule has 5 aromatic rings. The molecule has 7 nitrogen and oxygen atoms in total. The molecule has 7 rings (SSSR count). The van der Waals surface area contributed by atoms with Crippen molar-refractivity contribution in [2.24, 2.45) is 4.99 Å². The van der Waals surface area contributed by atoms with Crippen LogP contribution in [0.4, 0.5) is 0 Å². The van der Waals surface area contributed by atoms with E-state index in [9.17, 15) is 4.79 Å². The summed E-state index contributed by atoms with van der Waals surface area (Å²) in [4.78, 5) is 20.0. The number of nitrogens with zero attached hydrogens (tertiary/aromatic N) is 1. The highest BCUT2D eigenvalue weighted by Gasteiger charge is 2.54. The lowest BCUT2D eigenvalue weighted by molar-refractivity contribution is -0.130. The molecule has 2 atom stereocenters. The van der Waals surface area contributed by atoms with Crippen molar-refractivity contribution in [3.8, 4) is 16.9 Å². The number of fused-ring (bicyclic) bond motifs is 3. The summed E-state index contributed by atoms with van der Waals surface area (Å²) in [7, 11) is 0. The monoisotopic (exact) mass is 765 g/mol. The first-order chi connectivity index (χ1) is 23.5. The molecule has 0 fully saturated rings. The second-order valence-electron chi connectivity index (χ2n) is 11.8. The van der Waals surface area contributed by atoms with Gasteiger partial charge >= 0.3 is 0 Å². The number of benzene rings is 5. The van der Waals surface area contributed by atoms with E-state index in [0.29, 0.717) is 24.7 Å². The molecule has 48 heavy (non-hydrogen) atoms. The molecule has 0 radical (unpaired) electrons. The summed E-state index contributed by atoms with van der Waals surface area (Å²) in [6.45, 7) is 0.480. The molecule has 0 spiro atoms. The van der Waals surface area contributed by atoms with Crippen LogP contribution >= 0.6 is 31.9 Å². The smallest absolute Gasteiger partial charge is 0.266 e. The molecule has 9 heteroatoms. The third kappa shape index (κ3) is 6.31. The van der Waals surface area contributed by atoms with Gasteiger partial charge in [0.25, 0.3) is 5.91 Å². The fourth-order valence-corrected chi connectivity index (χ4v) is 7.10. The van der Waals surface area contributed by atoms with Gasteiger partial charge in [-0.15, -0.1) is 0 Å². The van der Waals surface area contributed by atoms with Crippen molar-refractivity contribution < 1.29 is 19.4 Å². The highest BCUT2D eigenvalue weighted by molar-refractivity contribution is 9.10. The number of amides is 1. The molecule has 2 aliphatic rings. The second-order valence-corrected chi connectivity index (χ2v) is 13.6. The average molecular weight is 768 g/mol. The van der Waals surface area contributed by atoms with Crippen molar-refractivity contribution >= 4 is 43.7 Å². The first kappa shape index (κ1) is 32.3. The molecular formula is C39H33Br2N3O4. The van der Waals surface area contributed by atoms with Gasteiger partial charge in [-0.25, -0.2) is 10.4 Å². The lowest BCUT2D eigenvalue weighted by Gasteiger charge is -2.32. The molecule has 0 bridgehead atoms. The highest BCUT2D eigenvalue weighted by Crippen LogP contribution is 2.45. The van der Waals surface area contributed by atoms with Gasteiger partial charge < -0.3 is 14.6 Å². The summed E-state index contributed by atoms with van der Waals surface area (Å²) in [5.41, 5.74) is 12.1. The molecule has 1 amide bonds. The van der Waals surface area contributed by atoms with Gasteiger partial charge in [-0.3, -0.25) is 10.2 Å². The average Bonchev–Trinajstić information content (AvgIpc) is 3.66. The number of ether oxygens (including phenoxy) is 2. The first-order valence-electron chi connectivity index (χ1n) is 15.8. The van der Waals surface area contributed by atoms with Gasteiger partial charge in [-0.2, -0.15) is 0 Å². The minimum Gasteiger partial charge on any atom is -0.494 e. The first-order valence-corrected chi connectivity index (χ1v) is 17.4.